The van der Waals surface area contributed by atoms with Crippen LogP contribution in [0.15, 0.2) is 12.1 Å². The molecule has 2 saturated heterocycles. The number of phenolic OH excluding ortho intramolecular Hbond substituents is 1. The van der Waals surface area contributed by atoms with Crippen LogP contribution in [0.1, 0.15) is 42.7 Å². The van der Waals surface area contributed by atoms with Gasteiger partial charge in [-0.05, 0) is 50.2 Å². The van der Waals surface area contributed by atoms with Crippen LogP contribution in [0, 0.1) is 6.92 Å². The fourth-order valence-electron chi connectivity index (χ4n) is 4.47. The van der Waals surface area contributed by atoms with E-state index in [1.54, 1.807) is 21.9 Å². The van der Waals surface area contributed by atoms with Gasteiger partial charge in [-0.3, -0.25) is 9.59 Å². The third kappa shape index (κ3) is 2.76. The van der Waals surface area contributed by atoms with Crippen molar-refractivity contribution in [1.29, 1.82) is 0 Å². The van der Waals surface area contributed by atoms with Crippen molar-refractivity contribution in [2.75, 3.05) is 13.1 Å². The molecule has 1 aromatic carbocycles. The monoisotopic (exact) mass is 378 g/mol. The summed E-state index contributed by atoms with van der Waals surface area (Å²) in [5.41, 5.74) is 1.57. The minimum atomic E-state index is -0.510. The molecule has 2 amide bonds. The first kappa shape index (κ1) is 17.6. The highest BCUT2D eigenvalue weighted by Crippen LogP contribution is 2.43. The van der Waals surface area contributed by atoms with Gasteiger partial charge in [0.25, 0.3) is 0 Å². The Balaban J connectivity index is 1.59. The standard InChI is InChI=1S/C19H23ClN2O4/c1-10-2-3-15(24)17(18(10)20)11-4-5-21-14(6-11)19(26)22(9-16(21)25)12-7-13(23)8-12/h2-3,11-14,23-24H,4-9H2,1H3. The lowest BCUT2D eigenvalue weighted by molar-refractivity contribution is -0.164. The van der Waals surface area contributed by atoms with Gasteiger partial charge >= 0.3 is 0 Å². The second kappa shape index (κ2) is 6.43. The number of aliphatic hydroxyl groups excluding tert-OH is 1. The number of hydrogen-bond acceptors (Lipinski definition) is 4. The quantitative estimate of drug-likeness (QED) is 0.822. The normalized spacial score (nSPS) is 31.7. The highest BCUT2D eigenvalue weighted by Gasteiger charge is 2.47. The molecular weight excluding hydrogens is 356 g/mol. The summed E-state index contributed by atoms with van der Waals surface area (Å²) in [6.07, 6.45) is 1.85. The number of piperazine rings is 1. The van der Waals surface area contributed by atoms with Crippen molar-refractivity contribution >= 4 is 23.4 Å². The fraction of sp³-hybridized carbons (Fsp3) is 0.579. The lowest BCUT2D eigenvalue weighted by Crippen LogP contribution is -2.65. The van der Waals surface area contributed by atoms with E-state index in [-0.39, 0.29) is 42.2 Å². The average Bonchev–Trinajstić information content (AvgIpc) is 2.59. The molecule has 4 rings (SSSR count). The molecule has 2 unspecified atom stereocenters. The first-order chi connectivity index (χ1) is 12.4. The Morgan fingerprint density at radius 2 is 1.88 bits per heavy atom. The first-order valence-corrected chi connectivity index (χ1v) is 9.50. The molecule has 1 aliphatic carbocycles. The maximum Gasteiger partial charge on any atom is 0.246 e. The summed E-state index contributed by atoms with van der Waals surface area (Å²) in [5, 5.41) is 20.4. The number of rotatable bonds is 2. The van der Waals surface area contributed by atoms with Crippen LogP contribution in [0.5, 0.6) is 5.75 Å². The number of benzene rings is 1. The van der Waals surface area contributed by atoms with Gasteiger partial charge in [0.05, 0.1) is 11.1 Å². The summed E-state index contributed by atoms with van der Waals surface area (Å²) in [6, 6.07) is 2.86. The van der Waals surface area contributed by atoms with E-state index in [9.17, 15) is 19.8 Å². The number of amides is 2. The SMILES string of the molecule is Cc1ccc(O)c(C2CCN3C(=O)CN(C4CC(O)C4)C(=O)C3C2)c1Cl. The molecule has 1 saturated carbocycles. The Morgan fingerprint density at radius 3 is 2.58 bits per heavy atom. The predicted octanol–water partition coefficient (Wildman–Crippen LogP) is 1.79. The van der Waals surface area contributed by atoms with Crippen LogP contribution >= 0.6 is 11.6 Å². The maximum atomic E-state index is 13.0. The largest absolute Gasteiger partial charge is 0.508 e. The lowest BCUT2D eigenvalue weighted by atomic mass is 9.81. The molecule has 6 nitrogen and oxygen atoms in total. The van der Waals surface area contributed by atoms with Crippen molar-refractivity contribution in [3.63, 3.8) is 0 Å². The third-order valence-corrected chi connectivity index (χ3v) is 6.59. The van der Waals surface area contributed by atoms with E-state index in [4.69, 9.17) is 11.6 Å². The summed E-state index contributed by atoms with van der Waals surface area (Å²) in [4.78, 5) is 28.9. The summed E-state index contributed by atoms with van der Waals surface area (Å²) in [5.74, 6) is 0.00315. The number of fused-ring (bicyclic) bond motifs is 1. The van der Waals surface area contributed by atoms with E-state index < -0.39 is 6.04 Å². The van der Waals surface area contributed by atoms with Gasteiger partial charge in [-0.15, -0.1) is 0 Å². The van der Waals surface area contributed by atoms with Crippen LogP contribution in [0.25, 0.3) is 0 Å². The van der Waals surface area contributed by atoms with Crippen LogP contribution in [0.3, 0.4) is 0 Å². The van der Waals surface area contributed by atoms with E-state index in [0.717, 1.165) is 5.56 Å². The molecule has 0 spiro atoms. The molecule has 2 heterocycles. The zero-order chi connectivity index (χ0) is 18.6. The number of aliphatic hydroxyl groups is 1. The number of carbonyl (C=O) groups is 2. The number of phenols is 1. The molecule has 0 bridgehead atoms. The van der Waals surface area contributed by atoms with Gasteiger partial charge in [0.1, 0.15) is 18.3 Å². The molecule has 3 aliphatic rings. The molecular formula is C19H23ClN2O4. The van der Waals surface area contributed by atoms with Crippen molar-refractivity contribution in [1.82, 2.24) is 9.80 Å². The number of aromatic hydroxyl groups is 1. The van der Waals surface area contributed by atoms with Crippen molar-refractivity contribution in [3.05, 3.63) is 28.3 Å². The highest BCUT2D eigenvalue weighted by molar-refractivity contribution is 6.32. The van der Waals surface area contributed by atoms with Crippen LogP contribution < -0.4 is 0 Å². The Hall–Kier alpha value is -1.79. The summed E-state index contributed by atoms with van der Waals surface area (Å²) in [7, 11) is 0. The Labute approximate surface area is 157 Å². The van der Waals surface area contributed by atoms with Gasteiger partial charge in [0.15, 0.2) is 0 Å². The minimum Gasteiger partial charge on any atom is -0.508 e. The van der Waals surface area contributed by atoms with Crippen LogP contribution in [-0.4, -0.2) is 63.1 Å². The molecule has 0 aromatic heterocycles. The number of hydrogen-bond donors (Lipinski definition) is 2. The van der Waals surface area contributed by atoms with Crippen LogP contribution in [0.2, 0.25) is 5.02 Å². The minimum absolute atomic E-state index is 0.0333. The van der Waals surface area contributed by atoms with Crippen LogP contribution in [-0.2, 0) is 9.59 Å². The number of aryl methyl sites for hydroxylation is 1. The molecule has 2 atom stereocenters. The average molecular weight is 379 g/mol. The van der Waals surface area contributed by atoms with Gasteiger partial charge in [-0.1, -0.05) is 17.7 Å². The topological polar surface area (TPSA) is 81.1 Å². The zero-order valence-electron chi connectivity index (χ0n) is 14.7. The summed E-state index contributed by atoms with van der Waals surface area (Å²) in [6.45, 7) is 2.48. The van der Waals surface area contributed by atoms with Gasteiger partial charge in [0, 0.05) is 18.2 Å². The van der Waals surface area contributed by atoms with Crippen molar-refractivity contribution in [2.24, 2.45) is 0 Å². The van der Waals surface area contributed by atoms with Crippen molar-refractivity contribution in [2.45, 2.75) is 56.7 Å². The Bertz CT molecular complexity index is 762. The molecule has 7 heteroatoms. The number of carbonyl (C=O) groups excluding carboxylic acids is 2. The van der Waals surface area contributed by atoms with E-state index in [1.807, 2.05) is 6.92 Å². The van der Waals surface area contributed by atoms with E-state index in [0.29, 0.717) is 42.8 Å². The first-order valence-electron chi connectivity index (χ1n) is 9.12. The second-order valence-corrected chi connectivity index (χ2v) is 8.08. The number of piperidine rings is 1. The van der Waals surface area contributed by atoms with E-state index in [2.05, 4.69) is 0 Å². The van der Waals surface area contributed by atoms with Gasteiger partial charge < -0.3 is 20.0 Å². The molecule has 0 radical (unpaired) electrons. The smallest absolute Gasteiger partial charge is 0.246 e. The molecule has 140 valence electrons. The predicted molar refractivity (Wildman–Crippen MR) is 96.1 cm³/mol. The number of nitrogens with zero attached hydrogens (tertiary/aromatic N) is 2. The van der Waals surface area contributed by atoms with Gasteiger partial charge in [0.2, 0.25) is 11.8 Å². The Kier molecular flexibility index (Phi) is 4.35. The maximum absolute atomic E-state index is 13.0. The molecule has 2 aliphatic heterocycles. The molecule has 2 N–H and O–H groups in total. The lowest BCUT2D eigenvalue weighted by Gasteiger charge is -2.49. The summed E-state index contributed by atoms with van der Waals surface area (Å²) < 4.78 is 0. The van der Waals surface area contributed by atoms with E-state index in [1.165, 1.54) is 0 Å². The molecule has 3 fully saturated rings. The molecule has 26 heavy (non-hydrogen) atoms. The molecule has 1 aromatic rings. The summed E-state index contributed by atoms with van der Waals surface area (Å²) >= 11 is 6.44. The van der Waals surface area contributed by atoms with Gasteiger partial charge in [-0.2, -0.15) is 0 Å². The third-order valence-electron chi connectivity index (χ3n) is 6.08. The Morgan fingerprint density at radius 1 is 1.15 bits per heavy atom. The number of halogens is 1. The van der Waals surface area contributed by atoms with E-state index >= 15 is 0 Å². The highest BCUT2D eigenvalue weighted by atomic mass is 35.5. The fourth-order valence-corrected chi connectivity index (χ4v) is 4.78. The van der Waals surface area contributed by atoms with Gasteiger partial charge in [-0.25, -0.2) is 0 Å². The second-order valence-electron chi connectivity index (χ2n) is 7.70. The van der Waals surface area contributed by atoms with Crippen molar-refractivity contribution in [3.8, 4) is 5.75 Å². The van der Waals surface area contributed by atoms with Crippen molar-refractivity contribution < 1.29 is 19.8 Å². The van der Waals surface area contributed by atoms with Crippen LogP contribution in [0.4, 0.5) is 0 Å². The zero-order valence-corrected chi connectivity index (χ0v) is 15.4.